The number of amides is 1. The van der Waals surface area contributed by atoms with Crippen LogP contribution in [0.1, 0.15) is 48.8 Å². The second-order valence-electron chi connectivity index (χ2n) is 7.41. The lowest BCUT2D eigenvalue weighted by atomic mass is 10.1. The number of nitrogens with zero attached hydrogens (tertiary/aromatic N) is 2. The van der Waals surface area contributed by atoms with Gasteiger partial charge in [0.1, 0.15) is 5.56 Å². The van der Waals surface area contributed by atoms with Gasteiger partial charge in [0.25, 0.3) is 11.5 Å². The SMILES string of the molecule is CCn1c(C)cc(C)c(C(=O)NCC2CCN(CC(C)C)C2)c1=O. The van der Waals surface area contributed by atoms with Gasteiger partial charge in [0.05, 0.1) is 0 Å². The van der Waals surface area contributed by atoms with Crippen LogP contribution in [0.3, 0.4) is 0 Å². The molecule has 1 amide bonds. The summed E-state index contributed by atoms with van der Waals surface area (Å²) < 4.78 is 1.65. The Bertz CT molecular complexity index is 649. The number of carbonyl (C=O) groups excluding carboxylic acids is 1. The third-order valence-corrected chi connectivity index (χ3v) is 4.79. The maximum absolute atomic E-state index is 12.5. The van der Waals surface area contributed by atoms with Gasteiger partial charge in [-0.1, -0.05) is 13.8 Å². The van der Waals surface area contributed by atoms with Gasteiger partial charge >= 0.3 is 0 Å². The summed E-state index contributed by atoms with van der Waals surface area (Å²) >= 11 is 0. The van der Waals surface area contributed by atoms with E-state index in [2.05, 4.69) is 24.1 Å². The molecular formula is C19H31N3O2. The Kier molecular flexibility index (Phi) is 6.21. The van der Waals surface area contributed by atoms with Crippen molar-refractivity contribution in [1.29, 1.82) is 0 Å². The molecule has 0 bridgehead atoms. The van der Waals surface area contributed by atoms with Gasteiger partial charge in [0, 0.05) is 31.9 Å². The second kappa shape index (κ2) is 7.97. The summed E-state index contributed by atoms with van der Waals surface area (Å²) in [5.41, 5.74) is 1.77. The van der Waals surface area contributed by atoms with Crippen LogP contribution in [-0.4, -0.2) is 41.6 Å². The number of aromatic nitrogens is 1. The number of rotatable bonds is 6. The highest BCUT2D eigenvalue weighted by Crippen LogP contribution is 2.17. The van der Waals surface area contributed by atoms with E-state index >= 15 is 0 Å². The average molecular weight is 333 g/mol. The lowest BCUT2D eigenvalue weighted by Crippen LogP contribution is -2.37. The summed E-state index contributed by atoms with van der Waals surface area (Å²) in [6.45, 7) is 14.6. The first-order chi connectivity index (χ1) is 11.3. The molecule has 2 rings (SSSR count). The van der Waals surface area contributed by atoms with E-state index in [4.69, 9.17) is 0 Å². The van der Waals surface area contributed by atoms with E-state index in [1.807, 2.05) is 26.8 Å². The van der Waals surface area contributed by atoms with Crippen molar-refractivity contribution in [1.82, 2.24) is 14.8 Å². The highest BCUT2D eigenvalue weighted by molar-refractivity contribution is 5.95. The van der Waals surface area contributed by atoms with E-state index < -0.39 is 0 Å². The zero-order valence-electron chi connectivity index (χ0n) is 15.7. The van der Waals surface area contributed by atoms with E-state index in [-0.39, 0.29) is 11.5 Å². The standard InChI is InChI=1S/C19H31N3O2/c1-6-22-15(5)9-14(4)17(19(22)24)18(23)20-10-16-7-8-21(12-16)11-13(2)3/h9,13,16H,6-8,10-12H2,1-5H3,(H,20,23). The number of likely N-dealkylation sites (tertiary alicyclic amines) is 1. The van der Waals surface area contributed by atoms with Gasteiger partial charge in [0.15, 0.2) is 0 Å². The third kappa shape index (κ3) is 4.26. The van der Waals surface area contributed by atoms with Crippen molar-refractivity contribution < 1.29 is 4.79 Å². The van der Waals surface area contributed by atoms with Crippen molar-refractivity contribution in [3.05, 3.63) is 33.2 Å². The summed E-state index contributed by atoms with van der Waals surface area (Å²) in [5, 5.41) is 2.99. The van der Waals surface area contributed by atoms with Crippen LogP contribution in [0.15, 0.2) is 10.9 Å². The van der Waals surface area contributed by atoms with Crippen LogP contribution in [0.4, 0.5) is 0 Å². The molecule has 1 aliphatic rings. The molecule has 1 aliphatic heterocycles. The van der Waals surface area contributed by atoms with Crippen LogP contribution in [-0.2, 0) is 6.54 Å². The molecular weight excluding hydrogens is 302 g/mol. The van der Waals surface area contributed by atoms with Crippen LogP contribution in [0.2, 0.25) is 0 Å². The molecule has 1 aromatic rings. The van der Waals surface area contributed by atoms with Gasteiger partial charge in [0.2, 0.25) is 0 Å². The molecule has 0 radical (unpaired) electrons. The number of nitrogens with one attached hydrogen (secondary N) is 1. The minimum Gasteiger partial charge on any atom is -0.352 e. The number of aryl methyl sites for hydroxylation is 2. The fourth-order valence-electron chi connectivity index (χ4n) is 3.68. The fourth-order valence-corrected chi connectivity index (χ4v) is 3.68. The van der Waals surface area contributed by atoms with Crippen molar-refractivity contribution in [3.8, 4) is 0 Å². The molecule has 1 fully saturated rings. The van der Waals surface area contributed by atoms with Gasteiger partial charge in [-0.15, -0.1) is 0 Å². The number of hydrogen-bond donors (Lipinski definition) is 1. The van der Waals surface area contributed by atoms with Gasteiger partial charge in [-0.05, 0) is 57.2 Å². The Balaban J connectivity index is 2.00. The predicted molar refractivity (Wildman–Crippen MR) is 97.6 cm³/mol. The molecule has 0 aliphatic carbocycles. The van der Waals surface area contributed by atoms with Crippen LogP contribution in [0, 0.1) is 25.7 Å². The Morgan fingerprint density at radius 3 is 2.71 bits per heavy atom. The summed E-state index contributed by atoms with van der Waals surface area (Å²) in [6.07, 6.45) is 1.11. The van der Waals surface area contributed by atoms with E-state index in [9.17, 15) is 9.59 Å². The van der Waals surface area contributed by atoms with Gasteiger partial charge in [-0.3, -0.25) is 9.59 Å². The first-order valence-electron chi connectivity index (χ1n) is 9.05. The zero-order chi connectivity index (χ0) is 17.9. The van der Waals surface area contributed by atoms with Crippen molar-refractivity contribution in [2.45, 2.75) is 47.6 Å². The molecule has 1 aromatic heterocycles. The van der Waals surface area contributed by atoms with Crippen LogP contribution < -0.4 is 10.9 Å². The molecule has 5 nitrogen and oxygen atoms in total. The molecule has 1 atom stereocenters. The topological polar surface area (TPSA) is 54.3 Å². The average Bonchev–Trinajstić information content (AvgIpc) is 2.91. The maximum Gasteiger partial charge on any atom is 0.263 e. The summed E-state index contributed by atoms with van der Waals surface area (Å²) in [5.74, 6) is 0.912. The van der Waals surface area contributed by atoms with Crippen LogP contribution in [0.25, 0.3) is 0 Å². The van der Waals surface area contributed by atoms with Crippen molar-refractivity contribution in [2.75, 3.05) is 26.2 Å². The smallest absolute Gasteiger partial charge is 0.263 e. The Hall–Kier alpha value is -1.62. The quantitative estimate of drug-likeness (QED) is 0.868. The molecule has 5 heteroatoms. The lowest BCUT2D eigenvalue weighted by Gasteiger charge is -2.18. The largest absolute Gasteiger partial charge is 0.352 e. The highest BCUT2D eigenvalue weighted by atomic mass is 16.2. The van der Waals surface area contributed by atoms with E-state index in [1.165, 1.54) is 0 Å². The van der Waals surface area contributed by atoms with E-state index in [1.54, 1.807) is 4.57 Å². The normalized spacial score (nSPS) is 18.3. The maximum atomic E-state index is 12.5. The molecule has 1 saturated heterocycles. The van der Waals surface area contributed by atoms with Crippen LogP contribution >= 0.6 is 0 Å². The summed E-state index contributed by atoms with van der Waals surface area (Å²) in [7, 11) is 0. The van der Waals surface area contributed by atoms with Gasteiger partial charge in [-0.2, -0.15) is 0 Å². The molecule has 24 heavy (non-hydrogen) atoms. The summed E-state index contributed by atoms with van der Waals surface area (Å²) in [4.78, 5) is 27.6. The lowest BCUT2D eigenvalue weighted by molar-refractivity contribution is 0.0944. The molecule has 1 unspecified atom stereocenters. The first kappa shape index (κ1) is 18.7. The number of pyridine rings is 1. The van der Waals surface area contributed by atoms with Gasteiger partial charge < -0.3 is 14.8 Å². The van der Waals surface area contributed by atoms with E-state index in [0.717, 1.165) is 37.3 Å². The minimum atomic E-state index is -0.234. The highest BCUT2D eigenvalue weighted by Gasteiger charge is 2.24. The molecule has 0 aromatic carbocycles. The van der Waals surface area contributed by atoms with Crippen molar-refractivity contribution in [3.63, 3.8) is 0 Å². The minimum absolute atomic E-state index is 0.180. The first-order valence-corrected chi connectivity index (χ1v) is 9.05. The van der Waals surface area contributed by atoms with Gasteiger partial charge in [-0.25, -0.2) is 0 Å². The Labute approximate surface area is 145 Å². The third-order valence-electron chi connectivity index (χ3n) is 4.79. The van der Waals surface area contributed by atoms with Crippen molar-refractivity contribution >= 4 is 5.91 Å². The van der Waals surface area contributed by atoms with Crippen LogP contribution in [0.5, 0.6) is 0 Å². The number of hydrogen-bond acceptors (Lipinski definition) is 3. The van der Waals surface area contributed by atoms with E-state index in [0.29, 0.717) is 30.5 Å². The molecule has 2 heterocycles. The zero-order valence-corrected chi connectivity index (χ0v) is 15.7. The Morgan fingerprint density at radius 2 is 2.08 bits per heavy atom. The fraction of sp³-hybridized carbons (Fsp3) is 0.684. The molecule has 0 saturated carbocycles. The predicted octanol–water partition coefficient (Wildman–Crippen LogP) is 2.19. The van der Waals surface area contributed by atoms with Crippen molar-refractivity contribution in [2.24, 2.45) is 11.8 Å². The number of carbonyl (C=O) groups is 1. The monoisotopic (exact) mass is 333 g/mol. The molecule has 0 spiro atoms. The molecule has 1 N–H and O–H groups in total. The molecule has 134 valence electrons. The second-order valence-corrected chi connectivity index (χ2v) is 7.41. The summed E-state index contributed by atoms with van der Waals surface area (Å²) in [6, 6.07) is 1.92. The Morgan fingerprint density at radius 1 is 1.38 bits per heavy atom.